The molecule has 40 heavy (non-hydrogen) atoms. The van der Waals surface area contributed by atoms with Crippen LogP contribution in [0.1, 0.15) is 29.5 Å². The number of likely N-dealkylation sites (tertiary alicyclic amines) is 1. The number of primary sulfonamides is 2. The summed E-state index contributed by atoms with van der Waals surface area (Å²) in [5, 5.41) is 34.1. The number of urea groups is 1. The number of aliphatic hydroxyl groups excluding tert-OH is 1. The predicted octanol–water partition coefficient (Wildman–Crippen LogP) is 2.00. The number of amides is 2. The van der Waals surface area contributed by atoms with Crippen LogP contribution < -0.4 is 20.9 Å². The molecule has 212 valence electrons. The van der Waals surface area contributed by atoms with Gasteiger partial charge in [0.15, 0.2) is 0 Å². The number of nitrogens with two attached hydrogens (primary N) is 2. The zero-order valence-electron chi connectivity index (χ0n) is 21.4. The highest BCUT2D eigenvalue weighted by Gasteiger charge is 2.20. The molecule has 1 aliphatic rings. The van der Waals surface area contributed by atoms with Gasteiger partial charge in [0.2, 0.25) is 20.0 Å². The van der Waals surface area contributed by atoms with Gasteiger partial charge in [-0.1, -0.05) is 24.3 Å². The van der Waals surface area contributed by atoms with Gasteiger partial charge in [0.05, 0.1) is 15.9 Å². The normalized spacial score (nSPS) is 14.5. The Morgan fingerprint density at radius 1 is 0.900 bits per heavy atom. The van der Waals surface area contributed by atoms with Crippen molar-refractivity contribution in [1.82, 2.24) is 4.90 Å². The van der Waals surface area contributed by atoms with Gasteiger partial charge >= 0.3 is 6.03 Å². The molecular weight excluding hydrogens is 556 g/mol. The van der Waals surface area contributed by atoms with Crippen LogP contribution in [-0.4, -0.2) is 57.9 Å². The molecule has 0 saturated carbocycles. The van der Waals surface area contributed by atoms with Crippen molar-refractivity contribution in [2.24, 2.45) is 10.3 Å². The average Bonchev–Trinajstić information content (AvgIpc) is 2.89. The van der Waals surface area contributed by atoms with Crippen LogP contribution in [0.5, 0.6) is 0 Å². The molecule has 0 radical (unpaired) electrons. The first-order chi connectivity index (χ1) is 18.8. The molecule has 0 bridgehead atoms. The van der Waals surface area contributed by atoms with Crippen LogP contribution in [-0.2, 0) is 26.5 Å². The van der Waals surface area contributed by atoms with Gasteiger partial charge in [-0.3, -0.25) is 5.41 Å². The zero-order valence-corrected chi connectivity index (χ0v) is 23.0. The topological polar surface area (TPSA) is 209 Å². The molecule has 0 unspecified atom stereocenters. The van der Waals surface area contributed by atoms with Gasteiger partial charge in [-0.15, -0.1) is 0 Å². The lowest BCUT2D eigenvalue weighted by molar-refractivity contribution is 0.109. The standard InChI is InChI=1S/C26H30N6O6S2/c27-25(32-12-10-21(33)11-13-32)18-2-1-3-20(15-18)30-26(34)31-24-9-8-23(40(29,37)38)16-19(24)14-17-4-6-22(7-5-17)39(28,35)36/h1-9,15-16,21,27,33H,10-14H2,(H2,28,35,36)(H2,29,37,38)(H2,30,31,34). The molecule has 1 fully saturated rings. The van der Waals surface area contributed by atoms with E-state index < -0.39 is 26.1 Å². The average molecular weight is 587 g/mol. The Balaban J connectivity index is 1.52. The molecule has 1 saturated heterocycles. The molecule has 0 aromatic heterocycles. The lowest BCUT2D eigenvalue weighted by Crippen LogP contribution is -2.40. The van der Waals surface area contributed by atoms with Gasteiger partial charge in [-0.2, -0.15) is 0 Å². The van der Waals surface area contributed by atoms with E-state index >= 15 is 0 Å². The number of anilines is 2. The van der Waals surface area contributed by atoms with Crippen molar-refractivity contribution in [1.29, 1.82) is 5.41 Å². The van der Waals surface area contributed by atoms with E-state index in [2.05, 4.69) is 10.6 Å². The zero-order chi connectivity index (χ0) is 29.1. The second kappa shape index (κ2) is 11.7. The van der Waals surface area contributed by atoms with E-state index in [1.807, 2.05) is 4.90 Å². The molecule has 8 N–H and O–H groups in total. The number of aliphatic hydroxyl groups is 1. The van der Waals surface area contributed by atoms with Crippen LogP contribution in [0.25, 0.3) is 0 Å². The van der Waals surface area contributed by atoms with Gasteiger partial charge in [0.25, 0.3) is 0 Å². The first-order valence-corrected chi connectivity index (χ1v) is 15.4. The highest BCUT2D eigenvalue weighted by atomic mass is 32.2. The number of nitrogens with zero attached hydrogens (tertiary/aromatic N) is 1. The number of hydrogen-bond donors (Lipinski definition) is 6. The number of amidine groups is 1. The molecule has 1 heterocycles. The van der Waals surface area contributed by atoms with Crippen molar-refractivity contribution in [2.45, 2.75) is 35.2 Å². The van der Waals surface area contributed by atoms with Crippen molar-refractivity contribution in [2.75, 3.05) is 23.7 Å². The van der Waals surface area contributed by atoms with Crippen molar-refractivity contribution in [3.8, 4) is 0 Å². The fraction of sp³-hybridized carbons (Fsp3) is 0.231. The summed E-state index contributed by atoms with van der Waals surface area (Å²) in [6.45, 7) is 1.14. The third kappa shape index (κ3) is 7.43. The maximum absolute atomic E-state index is 12.9. The van der Waals surface area contributed by atoms with E-state index in [0.717, 1.165) is 0 Å². The number of hydrogen-bond acceptors (Lipinski definition) is 7. The first-order valence-electron chi connectivity index (χ1n) is 12.3. The molecule has 3 aromatic rings. The minimum Gasteiger partial charge on any atom is -0.393 e. The second-order valence-corrected chi connectivity index (χ2v) is 12.6. The Kier molecular flexibility index (Phi) is 8.56. The fourth-order valence-corrected chi connectivity index (χ4v) is 5.41. The van der Waals surface area contributed by atoms with Crippen LogP contribution in [0.4, 0.5) is 16.2 Å². The van der Waals surface area contributed by atoms with Gasteiger partial charge in [-0.05, 0) is 72.9 Å². The van der Waals surface area contributed by atoms with E-state index in [-0.39, 0.29) is 22.3 Å². The van der Waals surface area contributed by atoms with Crippen molar-refractivity contribution >= 4 is 43.3 Å². The molecular formula is C26H30N6O6S2. The lowest BCUT2D eigenvalue weighted by atomic mass is 10.0. The van der Waals surface area contributed by atoms with E-state index in [9.17, 15) is 26.7 Å². The minimum absolute atomic E-state index is 0.0690. The minimum atomic E-state index is -4.03. The number of carbonyl (C=O) groups excluding carboxylic acids is 1. The summed E-state index contributed by atoms with van der Waals surface area (Å²) in [6, 6.07) is 16.0. The molecule has 14 heteroatoms. The Morgan fingerprint density at radius 3 is 2.15 bits per heavy atom. The number of nitrogens with one attached hydrogen (secondary N) is 3. The molecule has 1 aliphatic heterocycles. The molecule has 0 spiro atoms. The van der Waals surface area contributed by atoms with Crippen LogP contribution in [0, 0.1) is 5.41 Å². The van der Waals surface area contributed by atoms with E-state index in [1.165, 1.54) is 42.5 Å². The van der Waals surface area contributed by atoms with Gasteiger partial charge in [-0.25, -0.2) is 31.9 Å². The smallest absolute Gasteiger partial charge is 0.323 e. The molecule has 0 atom stereocenters. The number of piperidine rings is 1. The van der Waals surface area contributed by atoms with Crippen LogP contribution in [0.3, 0.4) is 0 Å². The third-order valence-corrected chi connectivity index (χ3v) is 8.31. The van der Waals surface area contributed by atoms with Gasteiger partial charge in [0.1, 0.15) is 5.84 Å². The van der Waals surface area contributed by atoms with Crippen molar-refractivity contribution < 1.29 is 26.7 Å². The molecule has 12 nitrogen and oxygen atoms in total. The fourth-order valence-electron chi connectivity index (χ4n) is 4.33. The number of carbonyl (C=O) groups is 1. The summed E-state index contributed by atoms with van der Waals surface area (Å²) in [5.41, 5.74) is 2.43. The Morgan fingerprint density at radius 2 is 1.52 bits per heavy atom. The van der Waals surface area contributed by atoms with E-state index in [1.54, 1.807) is 24.3 Å². The first kappa shape index (κ1) is 29.2. The van der Waals surface area contributed by atoms with Gasteiger partial charge < -0.3 is 20.6 Å². The monoisotopic (exact) mass is 586 g/mol. The van der Waals surface area contributed by atoms with Crippen LogP contribution >= 0.6 is 0 Å². The third-order valence-electron chi connectivity index (χ3n) is 6.47. The molecule has 2 amide bonds. The highest BCUT2D eigenvalue weighted by molar-refractivity contribution is 7.89. The Labute approximate surface area is 232 Å². The SMILES string of the molecule is N=C(c1cccc(NC(=O)Nc2ccc(S(N)(=O)=O)cc2Cc2ccc(S(N)(=O)=O)cc2)c1)N1CCC(O)CC1. The largest absolute Gasteiger partial charge is 0.393 e. The maximum Gasteiger partial charge on any atom is 0.323 e. The quantitative estimate of drug-likeness (QED) is 0.179. The van der Waals surface area contributed by atoms with Crippen molar-refractivity contribution in [3.63, 3.8) is 0 Å². The predicted molar refractivity (Wildman–Crippen MR) is 151 cm³/mol. The summed E-state index contributed by atoms with van der Waals surface area (Å²) in [4.78, 5) is 14.6. The summed E-state index contributed by atoms with van der Waals surface area (Å²) in [7, 11) is -7.90. The number of sulfonamides is 2. The lowest BCUT2D eigenvalue weighted by Gasteiger charge is -2.31. The van der Waals surface area contributed by atoms with Crippen LogP contribution in [0.2, 0.25) is 0 Å². The van der Waals surface area contributed by atoms with E-state index in [0.29, 0.717) is 59.8 Å². The van der Waals surface area contributed by atoms with Gasteiger partial charge in [0, 0.05) is 30.0 Å². The summed E-state index contributed by atoms with van der Waals surface area (Å²) >= 11 is 0. The maximum atomic E-state index is 12.9. The summed E-state index contributed by atoms with van der Waals surface area (Å²) < 4.78 is 47.0. The second-order valence-electron chi connectivity index (χ2n) is 9.46. The molecule has 3 aromatic carbocycles. The molecule has 0 aliphatic carbocycles. The van der Waals surface area contributed by atoms with Crippen LogP contribution in [0.15, 0.2) is 76.5 Å². The summed E-state index contributed by atoms with van der Waals surface area (Å²) in [6.07, 6.45) is 0.976. The summed E-state index contributed by atoms with van der Waals surface area (Å²) in [5.74, 6) is 0.297. The van der Waals surface area contributed by atoms with E-state index in [4.69, 9.17) is 15.7 Å². The Hall–Kier alpha value is -3.82. The highest BCUT2D eigenvalue weighted by Crippen LogP contribution is 2.24. The Bertz CT molecular complexity index is 1630. The molecule has 4 rings (SSSR count). The number of rotatable bonds is 7. The number of benzene rings is 3. The van der Waals surface area contributed by atoms with Crippen molar-refractivity contribution in [3.05, 3.63) is 83.4 Å².